The van der Waals surface area contributed by atoms with Gasteiger partial charge >= 0.3 is 0 Å². The van der Waals surface area contributed by atoms with Crippen molar-refractivity contribution in [2.24, 2.45) is 0 Å². The molecule has 35 heavy (non-hydrogen) atoms. The van der Waals surface area contributed by atoms with Crippen molar-refractivity contribution in [1.82, 2.24) is 10.2 Å². The van der Waals surface area contributed by atoms with E-state index < -0.39 is 5.92 Å². The highest BCUT2D eigenvalue weighted by atomic mass is 35.5. The number of hydrogen-bond acceptors (Lipinski definition) is 5. The van der Waals surface area contributed by atoms with E-state index in [4.69, 9.17) is 23.2 Å². The molecule has 1 N–H and O–H groups in total. The normalized spacial score (nSPS) is 18.8. The van der Waals surface area contributed by atoms with Crippen molar-refractivity contribution in [2.75, 3.05) is 13.1 Å². The van der Waals surface area contributed by atoms with E-state index in [9.17, 15) is 14.4 Å². The zero-order valence-corrected chi connectivity index (χ0v) is 19.9. The van der Waals surface area contributed by atoms with E-state index >= 15 is 0 Å². The first-order valence-corrected chi connectivity index (χ1v) is 11.9. The number of benzene rings is 3. The summed E-state index contributed by atoms with van der Waals surface area (Å²) >= 11 is 12.2. The Bertz CT molecular complexity index is 1490. The maximum atomic E-state index is 14.0. The van der Waals surface area contributed by atoms with Gasteiger partial charge in [-0.05, 0) is 42.0 Å². The van der Waals surface area contributed by atoms with Gasteiger partial charge in [0.1, 0.15) is 5.82 Å². The molecule has 0 spiro atoms. The van der Waals surface area contributed by atoms with Gasteiger partial charge in [0, 0.05) is 51.3 Å². The van der Waals surface area contributed by atoms with Crippen LogP contribution in [0.4, 0.5) is 0 Å². The summed E-state index contributed by atoms with van der Waals surface area (Å²) in [6, 6.07) is 20.6. The molecule has 3 aromatic carbocycles. The lowest BCUT2D eigenvalue weighted by Gasteiger charge is -2.38. The Morgan fingerprint density at radius 3 is 2.09 bits per heavy atom. The van der Waals surface area contributed by atoms with Crippen LogP contribution in [0.3, 0.4) is 0 Å². The molecule has 1 aliphatic carbocycles. The predicted molar refractivity (Wildman–Crippen MR) is 134 cm³/mol. The second kappa shape index (κ2) is 8.22. The second-order valence-electron chi connectivity index (χ2n) is 8.63. The molecule has 5 nitrogen and oxygen atoms in total. The first-order valence-electron chi connectivity index (χ1n) is 11.2. The van der Waals surface area contributed by atoms with Gasteiger partial charge in [-0.3, -0.25) is 14.4 Å². The van der Waals surface area contributed by atoms with E-state index in [0.29, 0.717) is 68.1 Å². The molecule has 0 bridgehead atoms. The molecule has 2 aliphatic heterocycles. The van der Waals surface area contributed by atoms with Crippen LogP contribution in [0.15, 0.2) is 95.5 Å². The summed E-state index contributed by atoms with van der Waals surface area (Å²) in [5.74, 6) is -0.881. The Hall–Kier alpha value is -3.67. The van der Waals surface area contributed by atoms with Crippen molar-refractivity contribution >= 4 is 40.6 Å². The predicted octanol–water partition coefficient (Wildman–Crippen LogP) is 5.42. The van der Waals surface area contributed by atoms with Crippen molar-refractivity contribution in [2.45, 2.75) is 5.92 Å². The maximum absolute atomic E-state index is 14.0. The van der Waals surface area contributed by atoms with E-state index in [0.717, 1.165) is 0 Å². The molecule has 0 aromatic heterocycles. The van der Waals surface area contributed by atoms with Crippen LogP contribution in [0.1, 0.15) is 42.6 Å². The molecule has 3 aliphatic rings. The average Bonchev–Trinajstić information content (AvgIpc) is 3.36. The fraction of sp³-hybridized carbons (Fsp3) is 0.107. The Morgan fingerprint density at radius 1 is 0.829 bits per heavy atom. The Kier molecular flexibility index (Phi) is 5.13. The Labute approximate surface area is 211 Å². The van der Waals surface area contributed by atoms with E-state index in [2.05, 4.69) is 5.32 Å². The molecule has 2 heterocycles. The van der Waals surface area contributed by atoms with Crippen LogP contribution in [-0.2, 0) is 0 Å². The molecule has 3 aromatic rings. The van der Waals surface area contributed by atoms with Crippen LogP contribution >= 0.6 is 23.2 Å². The van der Waals surface area contributed by atoms with Crippen LogP contribution < -0.4 is 5.32 Å². The fourth-order valence-corrected chi connectivity index (χ4v) is 5.39. The SMILES string of the molecule is O=C(C1=C2NCCN2C2=C(C(=O)c3ccccc3C2=O)C1c1ccc(Cl)cc1)c1ccc(Cl)cc1. The highest BCUT2D eigenvalue weighted by Gasteiger charge is 2.48. The minimum Gasteiger partial charge on any atom is -0.369 e. The van der Waals surface area contributed by atoms with Crippen molar-refractivity contribution in [3.8, 4) is 0 Å². The Morgan fingerprint density at radius 2 is 1.43 bits per heavy atom. The third-order valence-electron chi connectivity index (χ3n) is 6.69. The third kappa shape index (κ3) is 3.34. The molecule has 0 saturated carbocycles. The summed E-state index contributed by atoms with van der Waals surface area (Å²) in [5.41, 5.74) is 2.96. The lowest BCUT2D eigenvalue weighted by atomic mass is 9.72. The van der Waals surface area contributed by atoms with Gasteiger partial charge in [-0.25, -0.2) is 0 Å². The molecule has 172 valence electrons. The van der Waals surface area contributed by atoms with Gasteiger partial charge in [0.15, 0.2) is 11.6 Å². The molecule has 1 fully saturated rings. The van der Waals surface area contributed by atoms with Gasteiger partial charge in [0.2, 0.25) is 5.78 Å². The largest absolute Gasteiger partial charge is 0.369 e. The van der Waals surface area contributed by atoms with Crippen LogP contribution in [0.25, 0.3) is 0 Å². The summed E-state index contributed by atoms with van der Waals surface area (Å²) in [4.78, 5) is 43.5. The van der Waals surface area contributed by atoms with E-state index in [1.807, 2.05) is 0 Å². The zero-order valence-electron chi connectivity index (χ0n) is 18.3. The first kappa shape index (κ1) is 21.8. The quantitative estimate of drug-likeness (QED) is 0.486. The minimum absolute atomic E-state index is 0.214. The molecular weight excluding hydrogens is 483 g/mol. The lowest BCUT2D eigenvalue weighted by molar-refractivity contribution is 0.0936. The summed E-state index contributed by atoms with van der Waals surface area (Å²) in [7, 11) is 0. The number of allylic oxidation sites excluding steroid dienone is 3. The number of Topliss-reactive ketones (excluding diaryl/α,β-unsaturated/α-hetero) is 3. The third-order valence-corrected chi connectivity index (χ3v) is 7.19. The van der Waals surface area contributed by atoms with E-state index in [-0.39, 0.29) is 17.3 Å². The van der Waals surface area contributed by atoms with Crippen LogP contribution in [0, 0.1) is 0 Å². The molecule has 6 rings (SSSR count). The van der Waals surface area contributed by atoms with Crippen LogP contribution in [0.5, 0.6) is 0 Å². The number of nitrogens with one attached hydrogen (secondary N) is 1. The van der Waals surface area contributed by atoms with Crippen molar-refractivity contribution in [3.05, 3.63) is 128 Å². The van der Waals surface area contributed by atoms with Crippen molar-refractivity contribution < 1.29 is 14.4 Å². The van der Waals surface area contributed by atoms with E-state index in [1.165, 1.54) is 0 Å². The second-order valence-corrected chi connectivity index (χ2v) is 9.50. The zero-order chi connectivity index (χ0) is 24.3. The van der Waals surface area contributed by atoms with Gasteiger partial charge in [-0.15, -0.1) is 0 Å². The average molecular weight is 501 g/mol. The summed E-state index contributed by atoms with van der Waals surface area (Å²) in [5, 5.41) is 4.37. The molecule has 1 atom stereocenters. The van der Waals surface area contributed by atoms with Crippen LogP contribution in [-0.4, -0.2) is 35.3 Å². The smallest absolute Gasteiger partial charge is 0.210 e. The summed E-state index contributed by atoms with van der Waals surface area (Å²) < 4.78 is 0. The number of hydrogen-bond donors (Lipinski definition) is 1. The number of carbonyl (C=O) groups excluding carboxylic acids is 3. The number of carbonyl (C=O) groups is 3. The molecular formula is C28H18Cl2N2O3. The number of halogens is 2. The maximum Gasteiger partial charge on any atom is 0.210 e. The van der Waals surface area contributed by atoms with Crippen molar-refractivity contribution in [3.63, 3.8) is 0 Å². The minimum atomic E-state index is -0.743. The van der Waals surface area contributed by atoms with Gasteiger partial charge < -0.3 is 10.2 Å². The number of nitrogens with zero attached hydrogens (tertiary/aromatic N) is 1. The van der Waals surface area contributed by atoms with Gasteiger partial charge in [0.05, 0.1) is 11.3 Å². The highest BCUT2D eigenvalue weighted by Crippen LogP contribution is 2.47. The van der Waals surface area contributed by atoms with Gasteiger partial charge in [-0.1, -0.05) is 59.6 Å². The topological polar surface area (TPSA) is 66.5 Å². The first-order chi connectivity index (χ1) is 17.0. The fourth-order valence-electron chi connectivity index (χ4n) is 5.14. The monoisotopic (exact) mass is 500 g/mol. The van der Waals surface area contributed by atoms with Gasteiger partial charge in [-0.2, -0.15) is 0 Å². The molecule has 0 amide bonds. The van der Waals surface area contributed by atoms with Crippen LogP contribution in [0.2, 0.25) is 10.0 Å². The van der Waals surface area contributed by atoms with Crippen molar-refractivity contribution in [1.29, 1.82) is 0 Å². The molecule has 0 radical (unpaired) electrons. The lowest BCUT2D eigenvalue weighted by Crippen LogP contribution is -2.40. The molecule has 1 unspecified atom stereocenters. The summed E-state index contributed by atoms with van der Waals surface area (Å²) in [6.07, 6.45) is 0. The number of fused-ring (bicyclic) bond motifs is 3. The number of rotatable bonds is 3. The van der Waals surface area contributed by atoms with E-state index in [1.54, 1.807) is 77.7 Å². The molecule has 7 heteroatoms. The number of ketones is 3. The highest BCUT2D eigenvalue weighted by molar-refractivity contribution is 6.31. The Balaban J connectivity index is 1.62. The standard InChI is InChI=1S/C28H18Cl2N2O3/c29-17-9-5-15(6-10-17)21-22-24(27(35)20-4-2-1-3-19(20)26(22)34)32-14-13-31-28(32)23(21)25(33)16-7-11-18(30)12-8-16/h1-12,21,31H,13-14H2. The summed E-state index contributed by atoms with van der Waals surface area (Å²) in [6.45, 7) is 1.01. The van der Waals surface area contributed by atoms with Gasteiger partial charge in [0.25, 0.3) is 0 Å². The molecule has 1 saturated heterocycles.